The fourth-order valence-electron chi connectivity index (χ4n) is 3.65. The van der Waals surface area contributed by atoms with Gasteiger partial charge in [-0.25, -0.2) is 0 Å². The van der Waals surface area contributed by atoms with Gasteiger partial charge in [-0.1, -0.05) is 49.2 Å². The molecule has 0 amide bonds. The van der Waals surface area contributed by atoms with Gasteiger partial charge in [0.15, 0.2) is 5.11 Å². The molecule has 1 fully saturated rings. The molecular weight excluding hydrogens is 300 g/mol. The number of nitrogens with one attached hydrogen (secondary N) is 2. The van der Waals surface area contributed by atoms with Gasteiger partial charge in [0.1, 0.15) is 0 Å². The highest BCUT2D eigenvalue weighted by Crippen LogP contribution is 2.40. The first kappa shape index (κ1) is 16.0. The number of hydrogen-bond acceptors (Lipinski definition) is 1. The molecule has 0 aliphatic heterocycles. The molecule has 3 rings (SSSR count). The molecule has 0 spiro atoms. The molecule has 1 aliphatic carbocycles. The van der Waals surface area contributed by atoms with Crippen LogP contribution in [0.25, 0.3) is 0 Å². The van der Waals surface area contributed by atoms with E-state index in [0.717, 1.165) is 18.5 Å². The lowest BCUT2D eigenvalue weighted by atomic mass is 9.85. The van der Waals surface area contributed by atoms with Crippen LogP contribution in [0.2, 0.25) is 0 Å². The highest BCUT2D eigenvalue weighted by molar-refractivity contribution is 7.80. The molecule has 2 N–H and O–H groups in total. The summed E-state index contributed by atoms with van der Waals surface area (Å²) in [7, 11) is 0. The third kappa shape index (κ3) is 3.56. The van der Waals surface area contributed by atoms with Crippen molar-refractivity contribution in [3.63, 3.8) is 0 Å². The van der Waals surface area contributed by atoms with Crippen LogP contribution >= 0.6 is 12.2 Å². The van der Waals surface area contributed by atoms with Crippen molar-refractivity contribution in [2.24, 2.45) is 0 Å². The molecular formula is C20H24N2S. The van der Waals surface area contributed by atoms with Crippen molar-refractivity contribution >= 4 is 23.0 Å². The Labute approximate surface area is 144 Å². The Bertz CT molecular complexity index is 702. The maximum atomic E-state index is 5.61. The largest absolute Gasteiger partial charge is 0.353 e. The van der Waals surface area contributed by atoms with Gasteiger partial charge in [-0.3, -0.25) is 0 Å². The molecule has 0 bridgehead atoms. The van der Waals surface area contributed by atoms with Gasteiger partial charge in [-0.2, -0.15) is 0 Å². The average molecular weight is 324 g/mol. The summed E-state index contributed by atoms with van der Waals surface area (Å²) in [5.74, 6) is 0. The van der Waals surface area contributed by atoms with Crippen molar-refractivity contribution in [2.45, 2.75) is 45.1 Å². The summed E-state index contributed by atoms with van der Waals surface area (Å²) in [4.78, 5) is 0. The SMILES string of the molecule is Cc1cccc(NC(=S)NC2(c3ccccc3C)CCCC2)c1. The molecule has 0 atom stereocenters. The lowest BCUT2D eigenvalue weighted by Gasteiger charge is -2.33. The third-order valence-electron chi connectivity index (χ3n) is 4.75. The van der Waals surface area contributed by atoms with E-state index in [4.69, 9.17) is 12.2 Å². The van der Waals surface area contributed by atoms with Gasteiger partial charge in [-0.15, -0.1) is 0 Å². The quantitative estimate of drug-likeness (QED) is 0.772. The lowest BCUT2D eigenvalue weighted by Crippen LogP contribution is -2.46. The molecule has 0 heterocycles. The topological polar surface area (TPSA) is 24.1 Å². The monoisotopic (exact) mass is 324 g/mol. The molecule has 0 saturated heterocycles. The smallest absolute Gasteiger partial charge is 0.171 e. The Morgan fingerprint density at radius 1 is 1.00 bits per heavy atom. The van der Waals surface area contributed by atoms with E-state index in [2.05, 4.69) is 66.9 Å². The van der Waals surface area contributed by atoms with E-state index in [0.29, 0.717) is 5.11 Å². The van der Waals surface area contributed by atoms with Crippen LogP contribution in [0.3, 0.4) is 0 Å². The molecule has 2 nitrogen and oxygen atoms in total. The van der Waals surface area contributed by atoms with E-state index < -0.39 is 0 Å². The molecule has 2 aromatic rings. The highest BCUT2D eigenvalue weighted by atomic mass is 32.1. The van der Waals surface area contributed by atoms with Gasteiger partial charge in [-0.05, 0) is 67.7 Å². The second-order valence-electron chi connectivity index (χ2n) is 6.55. The van der Waals surface area contributed by atoms with Crippen molar-refractivity contribution in [3.05, 3.63) is 65.2 Å². The molecule has 0 radical (unpaired) electrons. The Balaban J connectivity index is 1.80. The standard InChI is InChI=1S/C20H24N2S/c1-15-8-7-10-17(14-15)21-19(23)22-20(12-5-6-13-20)18-11-4-3-9-16(18)2/h3-4,7-11,14H,5-6,12-13H2,1-2H3,(H2,21,22,23). The molecule has 120 valence electrons. The third-order valence-corrected chi connectivity index (χ3v) is 4.95. The predicted octanol–water partition coefficient (Wildman–Crippen LogP) is 5.06. The molecule has 23 heavy (non-hydrogen) atoms. The van der Waals surface area contributed by atoms with Crippen LogP contribution in [0.4, 0.5) is 5.69 Å². The first-order valence-electron chi connectivity index (χ1n) is 8.31. The van der Waals surface area contributed by atoms with E-state index in [-0.39, 0.29) is 5.54 Å². The summed E-state index contributed by atoms with van der Waals surface area (Å²) in [6.07, 6.45) is 4.75. The summed E-state index contributed by atoms with van der Waals surface area (Å²) >= 11 is 5.61. The zero-order chi connectivity index (χ0) is 16.3. The van der Waals surface area contributed by atoms with Crippen molar-refractivity contribution in [1.29, 1.82) is 0 Å². The van der Waals surface area contributed by atoms with Crippen LogP contribution in [0.1, 0.15) is 42.4 Å². The van der Waals surface area contributed by atoms with Crippen LogP contribution in [0, 0.1) is 13.8 Å². The first-order valence-corrected chi connectivity index (χ1v) is 8.72. The number of thiocarbonyl (C=S) groups is 1. The molecule has 0 aromatic heterocycles. The minimum atomic E-state index is -0.0285. The Kier molecular flexibility index (Phi) is 4.67. The first-order chi connectivity index (χ1) is 11.1. The number of aryl methyl sites for hydroxylation is 2. The summed E-state index contributed by atoms with van der Waals surface area (Å²) in [5.41, 5.74) is 4.96. The zero-order valence-corrected chi connectivity index (χ0v) is 14.7. The maximum Gasteiger partial charge on any atom is 0.171 e. The second-order valence-corrected chi connectivity index (χ2v) is 6.96. The molecule has 2 aromatic carbocycles. The van der Waals surface area contributed by atoms with E-state index in [9.17, 15) is 0 Å². The number of anilines is 1. The van der Waals surface area contributed by atoms with Crippen molar-refractivity contribution in [3.8, 4) is 0 Å². The average Bonchev–Trinajstić information content (AvgIpc) is 2.97. The summed E-state index contributed by atoms with van der Waals surface area (Å²) in [6.45, 7) is 4.28. The Morgan fingerprint density at radius 3 is 2.43 bits per heavy atom. The van der Waals surface area contributed by atoms with Gasteiger partial charge >= 0.3 is 0 Å². The van der Waals surface area contributed by atoms with E-state index >= 15 is 0 Å². The fraction of sp³-hybridized carbons (Fsp3) is 0.350. The Hall–Kier alpha value is -1.87. The van der Waals surface area contributed by atoms with E-state index in [1.165, 1.54) is 29.5 Å². The minimum Gasteiger partial charge on any atom is -0.353 e. The van der Waals surface area contributed by atoms with E-state index in [1.54, 1.807) is 0 Å². The van der Waals surface area contributed by atoms with Gasteiger partial charge in [0.25, 0.3) is 0 Å². The van der Waals surface area contributed by atoms with Crippen LogP contribution < -0.4 is 10.6 Å². The minimum absolute atomic E-state index is 0.0285. The Morgan fingerprint density at radius 2 is 1.74 bits per heavy atom. The van der Waals surface area contributed by atoms with E-state index in [1.807, 2.05) is 6.07 Å². The fourth-order valence-corrected chi connectivity index (χ4v) is 3.97. The van der Waals surface area contributed by atoms with Crippen molar-refractivity contribution in [1.82, 2.24) is 5.32 Å². The second kappa shape index (κ2) is 6.71. The van der Waals surface area contributed by atoms with Crippen molar-refractivity contribution in [2.75, 3.05) is 5.32 Å². The molecule has 1 saturated carbocycles. The highest BCUT2D eigenvalue weighted by Gasteiger charge is 2.37. The normalized spacial score (nSPS) is 16.1. The van der Waals surface area contributed by atoms with Gasteiger partial charge in [0.05, 0.1) is 5.54 Å². The number of benzene rings is 2. The van der Waals surface area contributed by atoms with Crippen molar-refractivity contribution < 1.29 is 0 Å². The summed E-state index contributed by atoms with van der Waals surface area (Å²) in [5, 5.41) is 7.69. The number of rotatable bonds is 3. The predicted molar refractivity (Wildman–Crippen MR) is 102 cm³/mol. The molecule has 0 unspecified atom stereocenters. The maximum absolute atomic E-state index is 5.61. The van der Waals surface area contributed by atoms with Crippen LogP contribution in [-0.4, -0.2) is 5.11 Å². The van der Waals surface area contributed by atoms with Gasteiger partial charge < -0.3 is 10.6 Å². The van der Waals surface area contributed by atoms with Gasteiger partial charge in [0, 0.05) is 5.69 Å². The molecule has 3 heteroatoms. The van der Waals surface area contributed by atoms with Crippen LogP contribution in [0.5, 0.6) is 0 Å². The van der Waals surface area contributed by atoms with Gasteiger partial charge in [0.2, 0.25) is 0 Å². The van der Waals surface area contributed by atoms with Crippen LogP contribution in [0.15, 0.2) is 48.5 Å². The van der Waals surface area contributed by atoms with Crippen LogP contribution in [-0.2, 0) is 5.54 Å². The lowest BCUT2D eigenvalue weighted by molar-refractivity contribution is 0.406. The number of hydrogen-bond donors (Lipinski definition) is 2. The molecule has 1 aliphatic rings. The zero-order valence-electron chi connectivity index (χ0n) is 13.9. The summed E-state index contributed by atoms with van der Waals surface area (Å²) < 4.78 is 0. The summed E-state index contributed by atoms with van der Waals surface area (Å²) in [6, 6.07) is 17.0.